The van der Waals surface area contributed by atoms with Crippen molar-refractivity contribution in [2.24, 2.45) is 10.6 Å². The van der Waals surface area contributed by atoms with Gasteiger partial charge in [0, 0.05) is 17.7 Å². The Hall–Kier alpha value is -4.69. The van der Waals surface area contributed by atoms with Crippen molar-refractivity contribution in [3.8, 4) is 0 Å². The van der Waals surface area contributed by atoms with Gasteiger partial charge in [-0.3, -0.25) is 14.4 Å². The fourth-order valence-electron chi connectivity index (χ4n) is 4.64. The maximum absolute atomic E-state index is 13.3. The molecule has 3 atom stereocenters. The summed E-state index contributed by atoms with van der Waals surface area (Å²) in [5.41, 5.74) is 5.82. The van der Waals surface area contributed by atoms with E-state index in [1.165, 1.54) is 28.1 Å². The molecule has 0 radical (unpaired) electrons. The second-order valence-electron chi connectivity index (χ2n) is 9.76. The summed E-state index contributed by atoms with van der Waals surface area (Å²) in [4.78, 5) is 61.5. The zero-order valence-corrected chi connectivity index (χ0v) is 24.3. The van der Waals surface area contributed by atoms with Crippen LogP contribution in [-0.4, -0.2) is 74.8 Å². The molecular formula is C29H27N5O7S2. The van der Waals surface area contributed by atoms with E-state index in [9.17, 15) is 24.3 Å². The molecule has 2 aromatic carbocycles. The molecule has 1 aromatic heterocycles. The lowest BCUT2D eigenvalue weighted by Gasteiger charge is -2.53. The number of thiazole rings is 1. The minimum absolute atomic E-state index is 0.0452. The van der Waals surface area contributed by atoms with Crippen molar-refractivity contribution in [3.05, 3.63) is 95.5 Å². The second-order valence-corrected chi connectivity index (χ2v) is 11.8. The minimum Gasteiger partial charge on any atom is -0.481 e. The van der Waals surface area contributed by atoms with Crippen molar-refractivity contribution in [2.75, 3.05) is 24.6 Å². The molecule has 0 spiro atoms. The Kier molecular flexibility index (Phi) is 8.78. The van der Waals surface area contributed by atoms with Gasteiger partial charge < -0.3 is 30.6 Å². The first-order chi connectivity index (χ1) is 20.7. The SMILES string of the molecule is C=CC1(C(=O)O)CS[C@@H]2C(NC(=O)C(=NOCC(=O)OC(c3ccccc3)c3ccccc3)c3csc(N)n3)C(=O)N2C1. The van der Waals surface area contributed by atoms with Crippen LogP contribution in [0.2, 0.25) is 0 Å². The molecular weight excluding hydrogens is 594 g/mol. The number of thioether (sulfide) groups is 1. The van der Waals surface area contributed by atoms with Crippen LogP contribution in [-0.2, 0) is 28.8 Å². The Morgan fingerprint density at radius 1 is 1.19 bits per heavy atom. The number of aliphatic carboxylic acids is 1. The van der Waals surface area contributed by atoms with Gasteiger partial charge in [-0.25, -0.2) is 9.78 Å². The first kappa shape index (κ1) is 29.8. The van der Waals surface area contributed by atoms with Gasteiger partial charge in [-0.2, -0.15) is 0 Å². The predicted octanol–water partition coefficient (Wildman–Crippen LogP) is 2.44. The van der Waals surface area contributed by atoms with Crippen LogP contribution in [0.4, 0.5) is 5.13 Å². The summed E-state index contributed by atoms with van der Waals surface area (Å²) in [5.74, 6) is -2.82. The third-order valence-corrected chi connectivity index (χ3v) is 9.20. The van der Waals surface area contributed by atoms with Crippen molar-refractivity contribution >= 4 is 57.7 Å². The van der Waals surface area contributed by atoms with Crippen LogP contribution < -0.4 is 11.1 Å². The zero-order valence-electron chi connectivity index (χ0n) is 22.6. The second kappa shape index (κ2) is 12.7. The van der Waals surface area contributed by atoms with Gasteiger partial charge in [-0.05, 0) is 11.1 Å². The van der Waals surface area contributed by atoms with E-state index in [1.807, 2.05) is 60.7 Å². The summed E-state index contributed by atoms with van der Waals surface area (Å²) in [7, 11) is 0. The molecule has 43 heavy (non-hydrogen) atoms. The van der Waals surface area contributed by atoms with Crippen molar-refractivity contribution in [3.63, 3.8) is 0 Å². The van der Waals surface area contributed by atoms with Gasteiger partial charge >= 0.3 is 11.9 Å². The van der Waals surface area contributed by atoms with Gasteiger partial charge in [0.05, 0.1) is 0 Å². The summed E-state index contributed by atoms with van der Waals surface area (Å²) in [5, 5.41) is 17.3. The van der Waals surface area contributed by atoms with Gasteiger partial charge in [0.15, 0.2) is 16.9 Å². The smallest absolute Gasteiger partial charge is 0.347 e. The van der Waals surface area contributed by atoms with Crippen LogP contribution in [0.3, 0.4) is 0 Å². The van der Waals surface area contributed by atoms with Gasteiger partial charge in [-0.1, -0.05) is 71.9 Å². The summed E-state index contributed by atoms with van der Waals surface area (Å²) < 4.78 is 5.71. The highest BCUT2D eigenvalue weighted by Gasteiger charge is 2.56. The van der Waals surface area contributed by atoms with E-state index in [4.69, 9.17) is 15.3 Å². The molecule has 12 nitrogen and oxygen atoms in total. The maximum atomic E-state index is 13.3. The lowest BCUT2D eigenvalue weighted by molar-refractivity contribution is -0.156. The maximum Gasteiger partial charge on any atom is 0.347 e. The van der Waals surface area contributed by atoms with Crippen LogP contribution in [0, 0.1) is 5.41 Å². The summed E-state index contributed by atoms with van der Waals surface area (Å²) in [6.07, 6.45) is 0.643. The Bertz CT molecular complexity index is 1530. The van der Waals surface area contributed by atoms with Gasteiger partial charge in [0.1, 0.15) is 22.5 Å². The van der Waals surface area contributed by atoms with Crippen molar-refractivity contribution in [2.45, 2.75) is 17.5 Å². The molecule has 3 heterocycles. The normalized spacial score (nSPS) is 21.4. The number of oxime groups is 1. The van der Waals surface area contributed by atoms with E-state index in [0.717, 1.165) is 22.5 Å². The number of amides is 2. The quantitative estimate of drug-likeness (QED) is 0.0949. The van der Waals surface area contributed by atoms with Crippen LogP contribution in [0.25, 0.3) is 0 Å². The molecule has 222 valence electrons. The average Bonchev–Trinajstić information content (AvgIpc) is 3.46. The molecule has 0 bridgehead atoms. The first-order valence-corrected chi connectivity index (χ1v) is 15.0. The van der Waals surface area contributed by atoms with Crippen molar-refractivity contribution < 1.29 is 33.9 Å². The standard InChI is InChI=1S/C29H27N5O7S2/c1-2-29(27(38)39)15-34-25(37)22(26(34)43-16-29)32-24(36)21(19-14-42-28(30)31-19)33-40-13-20(35)41-23(17-9-5-3-6-10-17)18-11-7-4-8-12-18/h2-12,14,22-23,26H,1,13,15-16H2,(H2,30,31)(H,32,36)(H,38,39)/t22?,26-,29?/m1/s1. The molecule has 2 saturated heterocycles. The van der Waals surface area contributed by atoms with Crippen LogP contribution in [0.1, 0.15) is 22.9 Å². The molecule has 14 heteroatoms. The molecule has 4 N–H and O–H groups in total. The number of carboxylic acids is 1. The lowest BCUT2D eigenvalue weighted by Crippen LogP contribution is -2.73. The van der Waals surface area contributed by atoms with Crippen molar-refractivity contribution in [1.29, 1.82) is 0 Å². The Morgan fingerprint density at radius 2 is 1.84 bits per heavy atom. The number of β-lactam (4-membered cyclic amide) rings is 1. The third kappa shape index (κ3) is 6.24. The zero-order chi connectivity index (χ0) is 30.6. The molecule has 3 aromatic rings. The molecule has 5 rings (SSSR count). The number of fused-ring (bicyclic) bond motifs is 1. The number of aromatic nitrogens is 1. The Balaban J connectivity index is 1.26. The van der Waals surface area contributed by atoms with Gasteiger partial charge in [-0.15, -0.1) is 29.7 Å². The molecule has 2 unspecified atom stereocenters. The number of nitrogens with zero attached hydrogens (tertiary/aromatic N) is 3. The number of hydrogen-bond donors (Lipinski definition) is 3. The molecule has 0 aliphatic carbocycles. The number of nitrogen functional groups attached to an aromatic ring is 1. The van der Waals surface area contributed by atoms with Crippen LogP contribution in [0.5, 0.6) is 0 Å². The number of nitrogens with one attached hydrogen (secondary N) is 1. The third-order valence-electron chi connectivity index (χ3n) is 6.98. The summed E-state index contributed by atoms with van der Waals surface area (Å²) in [6, 6.07) is 17.5. The number of esters is 1. The van der Waals surface area contributed by atoms with Crippen LogP contribution >= 0.6 is 23.1 Å². The van der Waals surface area contributed by atoms with E-state index in [-0.39, 0.29) is 28.8 Å². The van der Waals surface area contributed by atoms with E-state index >= 15 is 0 Å². The molecule has 0 saturated carbocycles. The van der Waals surface area contributed by atoms with E-state index in [1.54, 1.807) is 0 Å². The summed E-state index contributed by atoms with van der Waals surface area (Å²) >= 11 is 2.30. The predicted molar refractivity (Wildman–Crippen MR) is 160 cm³/mol. The van der Waals surface area contributed by atoms with Gasteiger partial charge in [0.25, 0.3) is 5.91 Å². The monoisotopic (exact) mass is 621 g/mol. The fraction of sp³-hybridized carbons (Fsp3) is 0.241. The van der Waals surface area contributed by atoms with Gasteiger partial charge in [0.2, 0.25) is 12.5 Å². The number of carbonyl (C=O) groups is 4. The van der Waals surface area contributed by atoms with Crippen LogP contribution in [0.15, 0.2) is 83.9 Å². The molecule has 2 amide bonds. The van der Waals surface area contributed by atoms with E-state index in [0.29, 0.717) is 0 Å². The lowest BCUT2D eigenvalue weighted by atomic mass is 9.87. The van der Waals surface area contributed by atoms with E-state index < -0.39 is 53.3 Å². The highest BCUT2D eigenvalue weighted by Crippen LogP contribution is 2.42. The fourth-order valence-corrected chi connectivity index (χ4v) is 6.73. The number of ether oxygens (including phenoxy) is 1. The number of rotatable bonds is 11. The average molecular weight is 622 g/mol. The van der Waals surface area contributed by atoms with E-state index in [2.05, 4.69) is 22.0 Å². The number of carboxylic acid groups (broad SMARTS) is 1. The number of nitrogens with two attached hydrogens (primary N) is 1. The molecule has 2 aliphatic rings. The highest BCUT2D eigenvalue weighted by molar-refractivity contribution is 8.00. The summed E-state index contributed by atoms with van der Waals surface area (Å²) in [6.45, 7) is 2.96. The first-order valence-electron chi connectivity index (χ1n) is 13.0. The number of anilines is 1. The van der Waals surface area contributed by atoms with Crippen molar-refractivity contribution in [1.82, 2.24) is 15.2 Å². The number of benzene rings is 2. The number of hydrogen-bond acceptors (Lipinski definition) is 11. The Labute approximate surface area is 254 Å². The topological polar surface area (TPSA) is 174 Å². The highest BCUT2D eigenvalue weighted by atomic mass is 32.2. The Morgan fingerprint density at radius 3 is 2.40 bits per heavy atom. The number of carbonyl (C=O) groups excluding carboxylic acids is 3. The molecule has 2 fully saturated rings. The minimum atomic E-state index is -1.26. The largest absolute Gasteiger partial charge is 0.481 e. The molecule has 2 aliphatic heterocycles.